The van der Waals surface area contributed by atoms with Crippen molar-refractivity contribution in [3.8, 4) is 0 Å². The van der Waals surface area contributed by atoms with E-state index in [1.165, 1.54) is 0 Å². The second kappa shape index (κ2) is 6.20. The standard InChI is InChI=1S/C19H21N3O3/c1-11-15-13(21-22-18(24)12-7-5-4-6-8-12)9-19(2,3)10-14(15)25-16(11)17(20)23/h4-8H,9-10H2,1-3H3,(H2,20,23)(H,22,24)/b21-13+. The van der Waals surface area contributed by atoms with E-state index in [9.17, 15) is 9.59 Å². The zero-order valence-electron chi connectivity index (χ0n) is 14.6. The number of benzene rings is 1. The fourth-order valence-electron chi connectivity index (χ4n) is 3.22. The van der Waals surface area contributed by atoms with Gasteiger partial charge in [0.05, 0.1) is 5.71 Å². The Hall–Kier alpha value is -2.89. The van der Waals surface area contributed by atoms with Crippen LogP contribution in [0, 0.1) is 12.3 Å². The van der Waals surface area contributed by atoms with Crippen LogP contribution in [0.15, 0.2) is 39.9 Å². The maximum Gasteiger partial charge on any atom is 0.284 e. The largest absolute Gasteiger partial charge is 0.455 e. The first-order valence-corrected chi connectivity index (χ1v) is 8.13. The molecule has 6 heteroatoms. The number of nitrogens with one attached hydrogen (secondary N) is 1. The van der Waals surface area contributed by atoms with Crippen LogP contribution in [0.4, 0.5) is 0 Å². The van der Waals surface area contributed by atoms with Crippen LogP contribution < -0.4 is 11.2 Å². The lowest BCUT2D eigenvalue weighted by atomic mass is 9.75. The molecule has 0 bridgehead atoms. The minimum absolute atomic E-state index is 0.0947. The number of nitrogens with zero attached hydrogens (tertiary/aromatic N) is 1. The molecule has 0 spiro atoms. The van der Waals surface area contributed by atoms with Crippen LogP contribution in [-0.4, -0.2) is 17.5 Å². The minimum Gasteiger partial charge on any atom is -0.455 e. The molecule has 0 fully saturated rings. The van der Waals surface area contributed by atoms with Crippen molar-refractivity contribution >= 4 is 17.5 Å². The highest BCUT2D eigenvalue weighted by Gasteiger charge is 2.35. The lowest BCUT2D eigenvalue weighted by Gasteiger charge is -2.29. The summed E-state index contributed by atoms with van der Waals surface area (Å²) in [4.78, 5) is 23.8. The summed E-state index contributed by atoms with van der Waals surface area (Å²) in [5.74, 6) is -0.0354. The first-order chi connectivity index (χ1) is 11.8. The molecular formula is C19H21N3O3. The Kier molecular flexibility index (Phi) is 4.20. The molecule has 1 aromatic heterocycles. The molecule has 0 radical (unpaired) electrons. The van der Waals surface area contributed by atoms with Gasteiger partial charge in [-0.3, -0.25) is 9.59 Å². The van der Waals surface area contributed by atoms with E-state index in [0.717, 1.165) is 5.56 Å². The van der Waals surface area contributed by atoms with Gasteiger partial charge in [0.2, 0.25) is 0 Å². The SMILES string of the molecule is Cc1c(C(N)=O)oc2c1/C(=N/NC(=O)c1ccccc1)CC(C)(C)C2. The highest BCUT2D eigenvalue weighted by atomic mass is 16.4. The molecule has 130 valence electrons. The zero-order chi connectivity index (χ0) is 18.2. The number of hydrazone groups is 1. The van der Waals surface area contributed by atoms with Crippen molar-refractivity contribution in [2.75, 3.05) is 0 Å². The maximum atomic E-state index is 12.2. The summed E-state index contributed by atoms with van der Waals surface area (Å²) in [5.41, 5.74) is 10.6. The van der Waals surface area contributed by atoms with Gasteiger partial charge >= 0.3 is 0 Å². The van der Waals surface area contributed by atoms with Gasteiger partial charge in [-0.1, -0.05) is 32.0 Å². The van der Waals surface area contributed by atoms with Crippen LogP contribution in [0.2, 0.25) is 0 Å². The van der Waals surface area contributed by atoms with Crippen molar-refractivity contribution in [1.82, 2.24) is 5.43 Å². The van der Waals surface area contributed by atoms with Gasteiger partial charge in [-0.05, 0) is 30.9 Å². The summed E-state index contributed by atoms with van der Waals surface area (Å²) in [6.07, 6.45) is 1.34. The third-order valence-corrected chi connectivity index (χ3v) is 4.35. The van der Waals surface area contributed by atoms with E-state index in [4.69, 9.17) is 10.2 Å². The molecule has 3 rings (SSSR count). The monoisotopic (exact) mass is 339 g/mol. The fraction of sp³-hybridized carbons (Fsp3) is 0.316. The lowest BCUT2D eigenvalue weighted by Crippen LogP contribution is -2.29. The van der Waals surface area contributed by atoms with Crippen molar-refractivity contribution in [1.29, 1.82) is 0 Å². The Labute approximate surface area is 146 Å². The Morgan fingerprint density at radius 2 is 1.88 bits per heavy atom. The van der Waals surface area contributed by atoms with Gasteiger partial charge in [-0.2, -0.15) is 5.10 Å². The van der Waals surface area contributed by atoms with Gasteiger partial charge in [0.25, 0.3) is 11.8 Å². The quantitative estimate of drug-likeness (QED) is 0.841. The number of hydrogen-bond donors (Lipinski definition) is 2. The number of fused-ring (bicyclic) bond motifs is 1. The fourth-order valence-corrected chi connectivity index (χ4v) is 3.22. The summed E-state index contributed by atoms with van der Waals surface area (Å²) < 4.78 is 5.69. The molecule has 2 aromatic rings. The molecule has 1 aromatic carbocycles. The minimum atomic E-state index is -0.600. The molecule has 0 atom stereocenters. The van der Waals surface area contributed by atoms with E-state index in [2.05, 4.69) is 24.4 Å². The second-order valence-corrected chi connectivity index (χ2v) is 7.10. The zero-order valence-corrected chi connectivity index (χ0v) is 14.6. The topological polar surface area (TPSA) is 97.7 Å². The van der Waals surface area contributed by atoms with E-state index in [1.807, 2.05) is 6.07 Å². The molecule has 0 aliphatic heterocycles. The molecule has 6 nitrogen and oxygen atoms in total. The Morgan fingerprint density at radius 1 is 1.20 bits per heavy atom. The van der Waals surface area contributed by atoms with E-state index in [1.54, 1.807) is 31.2 Å². The normalized spacial score (nSPS) is 17.2. The van der Waals surface area contributed by atoms with Crippen LogP contribution in [0.1, 0.15) is 58.1 Å². The average Bonchev–Trinajstić information content (AvgIpc) is 2.88. The van der Waals surface area contributed by atoms with Crippen LogP contribution in [0.3, 0.4) is 0 Å². The number of primary amides is 1. The second-order valence-electron chi connectivity index (χ2n) is 7.10. The van der Waals surface area contributed by atoms with Gasteiger partial charge in [0, 0.05) is 23.1 Å². The smallest absolute Gasteiger partial charge is 0.284 e. The third-order valence-electron chi connectivity index (χ3n) is 4.35. The summed E-state index contributed by atoms with van der Waals surface area (Å²) >= 11 is 0. The molecular weight excluding hydrogens is 318 g/mol. The van der Waals surface area contributed by atoms with Crippen LogP contribution in [-0.2, 0) is 6.42 Å². The van der Waals surface area contributed by atoms with Crippen molar-refractivity contribution in [3.63, 3.8) is 0 Å². The van der Waals surface area contributed by atoms with E-state index in [-0.39, 0.29) is 17.1 Å². The number of nitrogens with two attached hydrogens (primary N) is 1. The van der Waals surface area contributed by atoms with Crippen molar-refractivity contribution in [2.24, 2.45) is 16.3 Å². The number of rotatable bonds is 3. The molecule has 25 heavy (non-hydrogen) atoms. The van der Waals surface area contributed by atoms with Gasteiger partial charge in [0.15, 0.2) is 5.76 Å². The number of amides is 2. The van der Waals surface area contributed by atoms with Crippen molar-refractivity contribution in [3.05, 3.63) is 58.5 Å². The number of hydrogen-bond acceptors (Lipinski definition) is 4. The molecule has 1 heterocycles. The predicted octanol–water partition coefficient (Wildman–Crippen LogP) is 2.79. The average molecular weight is 339 g/mol. The number of carbonyl (C=O) groups is 2. The third kappa shape index (κ3) is 3.33. The van der Waals surface area contributed by atoms with Gasteiger partial charge in [-0.15, -0.1) is 0 Å². The Bertz CT molecular complexity index is 864. The summed E-state index contributed by atoms with van der Waals surface area (Å²) in [6.45, 7) is 5.97. The van der Waals surface area contributed by atoms with Crippen LogP contribution in [0.25, 0.3) is 0 Å². The highest BCUT2D eigenvalue weighted by Crippen LogP contribution is 2.38. The molecule has 3 N–H and O–H groups in total. The summed E-state index contributed by atoms with van der Waals surface area (Å²) in [5, 5.41) is 4.33. The summed E-state index contributed by atoms with van der Waals surface area (Å²) in [7, 11) is 0. The van der Waals surface area contributed by atoms with Crippen molar-refractivity contribution < 1.29 is 14.0 Å². The first-order valence-electron chi connectivity index (χ1n) is 8.13. The van der Waals surface area contributed by atoms with Gasteiger partial charge in [-0.25, -0.2) is 5.43 Å². The van der Waals surface area contributed by atoms with E-state index < -0.39 is 5.91 Å². The Balaban J connectivity index is 1.96. The first kappa shape index (κ1) is 17.0. The molecule has 0 unspecified atom stereocenters. The lowest BCUT2D eigenvalue weighted by molar-refractivity contribution is 0.0952. The Morgan fingerprint density at radius 3 is 2.52 bits per heavy atom. The predicted molar refractivity (Wildman–Crippen MR) is 94.5 cm³/mol. The van der Waals surface area contributed by atoms with Crippen molar-refractivity contribution in [2.45, 2.75) is 33.6 Å². The van der Waals surface area contributed by atoms with E-state index in [0.29, 0.717) is 35.4 Å². The molecule has 2 amide bonds. The van der Waals surface area contributed by atoms with Gasteiger partial charge < -0.3 is 10.2 Å². The van der Waals surface area contributed by atoms with Gasteiger partial charge in [0.1, 0.15) is 5.76 Å². The highest BCUT2D eigenvalue weighted by molar-refractivity contribution is 6.07. The van der Waals surface area contributed by atoms with Crippen LogP contribution in [0.5, 0.6) is 0 Å². The van der Waals surface area contributed by atoms with E-state index >= 15 is 0 Å². The number of carbonyl (C=O) groups excluding carboxylic acids is 2. The summed E-state index contributed by atoms with van der Waals surface area (Å²) in [6, 6.07) is 8.88. The maximum absolute atomic E-state index is 12.2. The number of furan rings is 1. The molecule has 0 saturated carbocycles. The molecule has 1 aliphatic carbocycles. The van der Waals surface area contributed by atoms with Crippen LogP contribution >= 0.6 is 0 Å². The molecule has 1 aliphatic rings. The molecule has 0 saturated heterocycles.